The Hall–Kier alpha value is -1.88. The fourth-order valence-corrected chi connectivity index (χ4v) is 2.47. The number of benzene rings is 1. The van der Waals surface area contributed by atoms with Gasteiger partial charge in [-0.2, -0.15) is 0 Å². The zero-order valence-electron chi connectivity index (χ0n) is 10.0. The number of carbonyl (C=O) groups is 1. The number of fused-ring (bicyclic) bond motifs is 1. The molecule has 2 atom stereocenters. The van der Waals surface area contributed by atoms with Crippen molar-refractivity contribution in [1.82, 2.24) is 10.5 Å². The molecule has 3 rings (SSSR count). The molecule has 5 nitrogen and oxygen atoms in total. The summed E-state index contributed by atoms with van der Waals surface area (Å²) in [6.07, 6.45) is 0.630. The topological polar surface area (TPSA) is 75.4 Å². The van der Waals surface area contributed by atoms with Crippen LogP contribution in [0.5, 0.6) is 0 Å². The lowest BCUT2D eigenvalue weighted by Gasteiger charge is -2.10. The van der Waals surface area contributed by atoms with Gasteiger partial charge in [0.1, 0.15) is 0 Å². The molecule has 2 N–H and O–H groups in total. The van der Waals surface area contributed by atoms with E-state index in [0.29, 0.717) is 13.0 Å². The van der Waals surface area contributed by atoms with Gasteiger partial charge in [-0.15, -0.1) is 0 Å². The minimum absolute atomic E-state index is 0.102. The van der Waals surface area contributed by atoms with Crippen LogP contribution in [0.3, 0.4) is 0 Å². The number of carboxylic acid groups (broad SMARTS) is 1. The Labute approximate surface area is 104 Å². The Bertz CT molecular complexity index is 605. The molecule has 1 aliphatic rings. The molecular formula is C13H14N2O3. The molecule has 0 radical (unpaired) electrons. The highest BCUT2D eigenvalue weighted by Crippen LogP contribution is 2.30. The molecular weight excluding hydrogens is 232 g/mol. The van der Waals surface area contributed by atoms with Gasteiger partial charge in [0.05, 0.1) is 11.6 Å². The van der Waals surface area contributed by atoms with Crippen LogP contribution in [0.1, 0.15) is 23.7 Å². The number of nitrogens with zero attached hydrogens (tertiary/aromatic N) is 1. The van der Waals surface area contributed by atoms with E-state index in [1.165, 1.54) is 0 Å². The van der Waals surface area contributed by atoms with Gasteiger partial charge < -0.3 is 14.9 Å². The average molecular weight is 246 g/mol. The SMILES string of the molecule is Cc1noc2ccc(C3CC(C(=O)O)CN3)cc12. The Morgan fingerprint density at radius 3 is 3.11 bits per heavy atom. The first-order valence-corrected chi connectivity index (χ1v) is 5.97. The Kier molecular flexibility index (Phi) is 2.56. The zero-order valence-corrected chi connectivity index (χ0v) is 10.0. The summed E-state index contributed by atoms with van der Waals surface area (Å²) in [5.74, 6) is -1.03. The Morgan fingerprint density at radius 1 is 1.56 bits per heavy atom. The highest BCUT2D eigenvalue weighted by molar-refractivity contribution is 5.80. The second kappa shape index (κ2) is 4.10. The van der Waals surface area contributed by atoms with Gasteiger partial charge in [-0.3, -0.25) is 4.79 Å². The van der Waals surface area contributed by atoms with Crippen LogP contribution >= 0.6 is 0 Å². The predicted molar refractivity (Wildman–Crippen MR) is 65.2 cm³/mol. The van der Waals surface area contributed by atoms with Crippen LogP contribution in [0, 0.1) is 12.8 Å². The monoisotopic (exact) mass is 246 g/mol. The lowest BCUT2D eigenvalue weighted by molar-refractivity contribution is -0.141. The third-order valence-corrected chi connectivity index (χ3v) is 3.56. The lowest BCUT2D eigenvalue weighted by atomic mass is 9.99. The predicted octanol–water partition coefficient (Wildman–Crippen LogP) is 1.87. The van der Waals surface area contributed by atoms with Crippen LogP contribution in [-0.2, 0) is 4.79 Å². The summed E-state index contributed by atoms with van der Waals surface area (Å²) in [5, 5.41) is 17.2. The molecule has 1 aromatic carbocycles. The molecule has 2 heterocycles. The van der Waals surface area contributed by atoms with Gasteiger partial charge in [0.15, 0.2) is 5.58 Å². The summed E-state index contributed by atoms with van der Waals surface area (Å²) in [5.41, 5.74) is 2.72. The van der Waals surface area contributed by atoms with E-state index in [2.05, 4.69) is 10.5 Å². The minimum Gasteiger partial charge on any atom is -0.481 e. The van der Waals surface area contributed by atoms with Gasteiger partial charge in [-0.05, 0) is 31.0 Å². The smallest absolute Gasteiger partial charge is 0.307 e. The van der Waals surface area contributed by atoms with E-state index in [4.69, 9.17) is 9.63 Å². The van der Waals surface area contributed by atoms with Gasteiger partial charge >= 0.3 is 5.97 Å². The number of hydrogen-bond donors (Lipinski definition) is 2. The van der Waals surface area contributed by atoms with Crippen LogP contribution in [0.4, 0.5) is 0 Å². The van der Waals surface area contributed by atoms with Crippen molar-refractivity contribution in [3.05, 3.63) is 29.5 Å². The number of aliphatic carboxylic acids is 1. The zero-order chi connectivity index (χ0) is 12.7. The van der Waals surface area contributed by atoms with Crippen molar-refractivity contribution in [2.24, 2.45) is 5.92 Å². The number of aryl methyl sites for hydroxylation is 1. The van der Waals surface area contributed by atoms with E-state index in [1.54, 1.807) is 0 Å². The van der Waals surface area contributed by atoms with E-state index < -0.39 is 5.97 Å². The van der Waals surface area contributed by atoms with Crippen molar-refractivity contribution >= 4 is 16.9 Å². The maximum Gasteiger partial charge on any atom is 0.307 e. The molecule has 5 heteroatoms. The van der Waals surface area contributed by atoms with Crippen molar-refractivity contribution in [2.45, 2.75) is 19.4 Å². The molecule has 2 aromatic rings. The van der Waals surface area contributed by atoms with E-state index in [0.717, 1.165) is 22.2 Å². The molecule has 1 saturated heterocycles. The minimum atomic E-state index is -0.729. The van der Waals surface area contributed by atoms with Crippen LogP contribution < -0.4 is 5.32 Å². The lowest BCUT2D eigenvalue weighted by Crippen LogP contribution is -2.17. The summed E-state index contributed by atoms with van der Waals surface area (Å²) in [6.45, 7) is 2.43. The largest absolute Gasteiger partial charge is 0.481 e. The molecule has 2 unspecified atom stereocenters. The second-order valence-corrected chi connectivity index (χ2v) is 4.76. The van der Waals surface area contributed by atoms with E-state index >= 15 is 0 Å². The highest BCUT2D eigenvalue weighted by Gasteiger charge is 2.30. The summed E-state index contributed by atoms with van der Waals surface area (Å²) >= 11 is 0. The summed E-state index contributed by atoms with van der Waals surface area (Å²) in [4.78, 5) is 10.9. The Balaban J connectivity index is 1.91. The van der Waals surface area contributed by atoms with Crippen LogP contribution in [-0.4, -0.2) is 22.8 Å². The number of carboxylic acids is 1. The molecule has 0 bridgehead atoms. The normalized spacial score (nSPS) is 23.6. The highest BCUT2D eigenvalue weighted by atomic mass is 16.5. The van der Waals surface area contributed by atoms with Crippen molar-refractivity contribution in [3.8, 4) is 0 Å². The van der Waals surface area contributed by atoms with Gasteiger partial charge in [0, 0.05) is 18.0 Å². The molecule has 1 fully saturated rings. The third-order valence-electron chi connectivity index (χ3n) is 3.56. The molecule has 0 amide bonds. The maximum absolute atomic E-state index is 10.9. The van der Waals surface area contributed by atoms with Gasteiger partial charge in [0.25, 0.3) is 0 Å². The number of nitrogens with one attached hydrogen (secondary N) is 1. The second-order valence-electron chi connectivity index (χ2n) is 4.76. The van der Waals surface area contributed by atoms with Crippen molar-refractivity contribution in [1.29, 1.82) is 0 Å². The summed E-state index contributed by atoms with van der Waals surface area (Å²) < 4.78 is 5.16. The Morgan fingerprint density at radius 2 is 2.39 bits per heavy atom. The number of aromatic nitrogens is 1. The van der Waals surface area contributed by atoms with E-state index in [9.17, 15) is 4.79 Å². The van der Waals surface area contributed by atoms with Crippen LogP contribution in [0.2, 0.25) is 0 Å². The molecule has 0 saturated carbocycles. The molecule has 0 spiro atoms. The first kappa shape index (κ1) is 11.2. The first-order valence-electron chi connectivity index (χ1n) is 5.97. The van der Waals surface area contributed by atoms with Gasteiger partial charge in [-0.1, -0.05) is 11.2 Å². The fraction of sp³-hybridized carbons (Fsp3) is 0.385. The van der Waals surface area contributed by atoms with Crippen molar-refractivity contribution in [3.63, 3.8) is 0 Å². The van der Waals surface area contributed by atoms with Gasteiger partial charge in [-0.25, -0.2) is 0 Å². The van der Waals surface area contributed by atoms with Crippen LogP contribution in [0.25, 0.3) is 11.0 Å². The summed E-state index contributed by atoms with van der Waals surface area (Å²) in [6, 6.07) is 5.99. The molecule has 1 aliphatic heterocycles. The van der Waals surface area contributed by atoms with Crippen molar-refractivity contribution < 1.29 is 14.4 Å². The summed E-state index contributed by atoms with van der Waals surface area (Å²) in [7, 11) is 0. The number of hydrogen-bond acceptors (Lipinski definition) is 4. The average Bonchev–Trinajstić information content (AvgIpc) is 2.96. The molecule has 94 valence electrons. The number of rotatable bonds is 2. The van der Waals surface area contributed by atoms with Crippen LogP contribution in [0.15, 0.2) is 22.7 Å². The molecule has 0 aliphatic carbocycles. The molecule has 1 aromatic heterocycles. The fourth-order valence-electron chi connectivity index (χ4n) is 2.47. The van der Waals surface area contributed by atoms with E-state index in [-0.39, 0.29) is 12.0 Å². The molecule has 18 heavy (non-hydrogen) atoms. The first-order chi connectivity index (χ1) is 8.65. The standard InChI is InChI=1S/C13H14N2O3/c1-7-10-4-8(2-3-12(10)18-15-7)11-5-9(6-14-11)13(16)17/h2-4,9,11,14H,5-6H2,1H3,(H,16,17). The maximum atomic E-state index is 10.9. The quantitative estimate of drug-likeness (QED) is 0.846. The third kappa shape index (κ3) is 1.76. The van der Waals surface area contributed by atoms with E-state index in [1.807, 2.05) is 25.1 Å². The van der Waals surface area contributed by atoms with Gasteiger partial charge in [0.2, 0.25) is 0 Å². The van der Waals surface area contributed by atoms with Crippen molar-refractivity contribution in [2.75, 3.05) is 6.54 Å².